The molecule has 3 saturated heterocycles. The van der Waals surface area contributed by atoms with Crippen LogP contribution in [0.25, 0.3) is 0 Å². The Bertz CT molecular complexity index is 734. The molecule has 1 aromatic carbocycles. The maximum Gasteiger partial charge on any atom is 0.321 e. The maximum atomic E-state index is 13.5. The van der Waals surface area contributed by atoms with E-state index in [0.717, 1.165) is 57.4 Å². The van der Waals surface area contributed by atoms with Gasteiger partial charge in [0.2, 0.25) is 5.91 Å². The van der Waals surface area contributed by atoms with Gasteiger partial charge in [0.1, 0.15) is 0 Å². The van der Waals surface area contributed by atoms with E-state index in [1.54, 1.807) is 24.3 Å². The Hall–Kier alpha value is -1.79. The molecule has 0 bridgehead atoms. The van der Waals surface area contributed by atoms with Crippen molar-refractivity contribution in [1.29, 1.82) is 0 Å². The van der Waals surface area contributed by atoms with Crippen molar-refractivity contribution in [2.75, 3.05) is 45.1 Å². The summed E-state index contributed by atoms with van der Waals surface area (Å²) in [4.78, 5) is 32.5. The first-order chi connectivity index (χ1) is 13.5. The first kappa shape index (κ1) is 19.5. The summed E-state index contributed by atoms with van der Waals surface area (Å²) < 4.78 is 0. The lowest BCUT2D eigenvalue weighted by molar-refractivity contribution is -0.142. The maximum absolute atomic E-state index is 13.5. The fourth-order valence-corrected chi connectivity index (χ4v) is 5.29. The van der Waals surface area contributed by atoms with Crippen molar-refractivity contribution in [3.8, 4) is 0 Å². The molecule has 1 aromatic rings. The van der Waals surface area contributed by atoms with E-state index in [1.165, 1.54) is 0 Å². The number of rotatable bonds is 2. The zero-order valence-corrected chi connectivity index (χ0v) is 17.2. The van der Waals surface area contributed by atoms with E-state index in [0.29, 0.717) is 24.0 Å². The van der Waals surface area contributed by atoms with Gasteiger partial charge in [-0.15, -0.1) is 0 Å². The predicted molar refractivity (Wildman–Crippen MR) is 111 cm³/mol. The molecular weight excluding hydrogens is 376 g/mol. The van der Waals surface area contributed by atoms with E-state index >= 15 is 0 Å². The molecule has 3 heterocycles. The topological polar surface area (TPSA) is 55.9 Å². The van der Waals surface area contributed by atoms with Gasteiger partial charge in [-0.05, 0) is 70.0 Å². The molecule has 0 unspecified atom stereocenters. The summed E-state index contributed by atoms with van der Waals surface area (Å²) in [6, 6.07) is 7.26. The molecule has 0 radical (unpaired) electrons. The zero-order chi connectivity index (χ0) is 19.7. The van der Waals surface area contributed by atoms with Crippen molar-refractivity contribution in [2.24, 2.45) is 5.41 Å². The minimum absolute atomic E-state index is 0.103. The number of fused-ring (bicyclic) bond motifs is 1. The Kier molecular flexibility index (Phi) is 5.52. The Morgan fingerprint density at radius 3 is 2.39 bits per heavy atom. The second-order valence-electron chi connectivity index (χ2n) is 8.36. The summed E-state index contributed by atoms with van der Waals surface area (Å²) in [7, 11) is 2.12. The third-order valence-electron chi connectivity index (χ3n) is 6.78. The average Bonchev–Trinajstić information content (AvgIpc) is 3.28. The van der Waals surface area contributed by atoms with Crippen LogP contribution in [0.2, 0.25) is 5.02 Å². The van der Waals surface area contributed by atoms with Crippen LogP contribution in [0.3, 0.4) is 0 Å². The van der Waals surface area contributed by atoms with Crippen LogP contribution >= 0.6 is 11.6 Å². The highest BCUT2D eigenvalue weighted by Crippen LogP contribution is 2.45. The Labute approximate surface area is 171 Å². The van der Waals surface area contributed by atoms with E-state index in [1.807, 2.05) is 4.90 Å². The fourth-order valence-electron chi connectivity index (χ4n) is 5.16. The highest BCUT2D eigenvalue weighted by molar-refractivity contribution is 6.30. The molecule has 3 fully saturated rings. The number of hydrogen-bond acceptors (Lipinski definition) is 3. The fraction of sp³-hybridized carbons (Fsp3) is 0.619. The number of carbonyl (C=O) groups excluding carboxylic acids is 2. The van der Waals surface area contributed by atoms with Gasteiger partial charge < -0.3 is 20.0 Å². The highest BCUT2D eigenvalue weighted by atomic mass is 35.5. The molecule has 2 atom stereocenters. The third-order valence-corrected chi connectivity index (χ3v) is 7.03. The molecule has 3 aliphatic heterocycles. The summed E-state index contributed by atoms with van der Waals surface area (Å²) in [5, 5.41) is 3.60. The third kappa shape index (κ3) is 3.60. The second-order valence-corrected chi connectivity index (χ2v) is 8.80. The van der Waals surface area contributed by atoms with Crippen LogP contribution in [0.1, 0.15) is 32.1 Å². The van der Waals surface area contributed by atoms with Gasteiger partial charge in [-0.25, -0.2) is 4.79 Å². The van der Waals surface area contributed by atoms with Crippen LogP contribution in [0, 0.1) is 5.41 Å². The first-order valence-corrected chi connectivity index (χ1v) is 10.7. The monoisotopic (exact) mass is 404 g/mol. The van der Waals surface area contributed by atoms with Crippen LogP contribution in [0.15, 0.2) is 24.3 Å². The molecule has 3 amide bonds. The minimum Gasteiger partial charge on any atom is -0.342 e. The van der Waals surface area contributed by atoms with Crippen molar-refractivity contribution in [3.05, 3.63) is 29.3 Å². The lowest BCUT2D eigenvalue weighted by atomic mass is 9.75. The standard InChI is InChI=1S/C21H29ClN4O2/c1-24-14-9-21(19(27)25-11-2-3-12-25)10-15-26(13-8-18(21)24)20(28)23-17-6-4-16(22)5-7-17/h4-7,18H,2-3,8-15H2,1H3,(H,23,28)/t18-,21-/m0/s1. The van der Waals surface area contributed by atoms with Gasteiger partial charge in [-0.2, -0.15) is 0 Å². The highest BCUT2D eigenvalue weighted by Gasteiger charge is 2.54. The molecule has 0 saturated carbocycles. The van der Waals surface area contributed by atoms with E-state index in [9.17, 15) is 9.59 Å². The van der Waals surface area contributed by atoms with Gasteiger partial charge in [-0.1, -0.05) is 11.6 Å². The van der Waals surface area contributed by atoms with E-state index < -0.39 is 0 Å². The number of nitrogens with zero attached hydrogens (tertiary/aromatic N) is 3. The molecule has 4 rings (SSSR count). The SMILES string of the molecule is CN1CC[C@]2(C(=O)N3CCCC3)CCN(C(=O)Nc3ccc(Cl)cc3)CC[C@H]12. The van der Waals surface area contributed by atoms with Crippen molar-refractivity contribution in [2.45, 2.75) is 38.1 Å². The van der Waals surface area contributed by atoms with Gasteiger partial charge in [0.25, 0.3) is 0 Å². The summed E-state index contributed by atoms with van der Waals surface area (Å²) in [6.07, 6.45) is 4.70. The average molecular weight is 405 g/mol. The predicted octanol–water partition coefficient (Wildman–Crippen LogP) is 3.28. The van der Waals surface area contributed by atoms with Crippen LogP contribution in [0.5, 0.6) is 0 Å². The van der Waals surface area contributed by atoms with Crippen LogP contribution in [0.4, 0.5) is 10.5 Å². The zero-order valence-electron chi connectivity index (χ0n) is 16.5. The molecular formula is C21H29ClN4O2. The number of likely N-dealkylation sites (tertiary alicyclic amines) is 3. The van der Waals surface area contributed by atoms with Crippen molar-refractivity contribution in [3.63, 3.8) is 0 Å². The van der Waals surface area contributed by atoms with Gasteiger partial charge in [0.15, 0.2) is 0 Å². The quantitative estimate of drug-likeness (QED) is 0.822. The lowest BCUT2D eigenvalue weighted by Crippen LogP contribution is -2.49. The number of urea groups is 1. The molecule has 152 valence electrons. The molecule has 1 N–H and O–H groups in total. The molecule has 6 nitrogen and oxygen atoms in total. The van der Waals surface area contributed by atoms with E-state index in [4.69, 9.17) is 11.6 Å². The van der Waals surface area contributed by atoms with Crippen LogP contribution in [-0.2, 0) is 4.79 Å². The lowest BCUT2D eigenvalue weighted by Gasteiger charge is -2.37. The van der Waals surface area contributed by atoms with Gasteiger partial charge in [0, 0.05) is 42.9 Å². The summed E-state index contributed by atoms with van der Waals surface area (Å²) in [5.74, 6) is 0.319. The number of nitrogens with one attached hydrogen (secondary N) is 1. The number of carbonyl (C=O) groups is 2. The minimum atomic E-state index is -0.339. The molecule has 3 aliphatic rings. The second kappa shape index (κ2) is 7.91. The van der Waals surface area contributed by atoms with Gasteiger partial charge in [0.05, 0.1) is 5.41 Å². The van der Waals surface area contributed by atoms with Crippen molar-refractivity contribution >= 4 is 29.2 Å². The number of benzene rings is 1. The van der Waals surface area contributed by atoms with Crippen LogP contribution in [-0.4, -0.2) is 72.5 Å². The molecule has 7 heteroatoms. The van der Waals surface area contributed by atoms with Gasteiger partial charge >= 0.3 is 6.03 Å². The largest absolute Gasteiger partial charge is 0.342 e. The summed E-state index contributed by atoms with van der Waals surface area (Å²) in [5.41, 5.74) is 0.396. The normalized spacial score (nSPS) is 28.1. The number of hydrogen-bond donors (Lipinski definition) is 1. The molecule has 0 aromatic heterocycles. The Morgan fingerprint density at radius 2 is 1.68 bits per heavy atom. The van der Waals surface area contributed by atoms with Crippen molar-refractivity contribution in [1.82, 2.24) is 14.7 Å². The molecule has 0 aliphatic carbocycles. The first-order valence-electron chi connectivity index (χ1n) is 10.3. The molecule has 28 heavy (non-hydrogen) atoms. The van der Waals surface area contributed by atoms with Crippen molar-refractivity contribution < 1.29 is 9.59 Å². The van der Waals surface area contributed by atoms with E-state index in [-0.39, 0.29) is 17.5 Å². The van der Waals surface area contributed by atoms with Gasteiger partial charge in [-0.3, -0.25) is 4.79 Å². The number of anilines is 1. The summed E-state index contributed by atoms with van der Waals surface area (Å²) >= 11 is 5.92. The van der Waals surface area contributed by atoms with E-state index in [2.05, 4.69) is 22.2 Å². The number of amides is 3. The van der Waals surface area contributed by atoms with Crippen LogP contribution < -0.4 is 5.32 Å². The number of halogens is 1. The molecule has 0 spiro atoms. The smallest absolute Gasteiger partial charge is 0.321 e. The Morgan fingerprint density at radius 1 is 1.00 bits per heavy atom. The Balaban J connectivity index is 1.48. The summed E-state index contributed by atoms with van der Waals surface area (Å²) in [6.45, 7) is 4.02.